The van der Waals surface area contributed by atoms with Crippen molar-refractivity contribution in [2.24, 2.45) is 0 Å². The number of nitrogens with zero attached hydrogens (tertiary/aromatic N) is 1. The zero-order valence-corrected chi connectivity index (χ0v) is 13.0. The average molecular weight is 290 g/mol. The minimum absolute atomic E-state index is 0.238. The second-order valence-corrected chi connectivity index (χ2v) is 6.71. The van der Waals surface area contributed by atoms with E-state index in [4.69, 9.17) is 0 Å². The molecule has 22 heavy (non-hydrogen) atoms. The molecule has 0 aliphatic carbocycles. The Hall–Kier alpha value is -2.06. The largest absolute Gasteiger partial charge is 0.361 e. The molecule has 2 heteroatoms. The summed E-state index contributed by atoms with van der Waals surface area (Å²) in [7, 11) is 2.24. The lowest BCUT2D eigenvalue weighted by molar-refractivity contribution is 0.366. The van der Waals surface area contributed by atoms with E-state index in [1.165, 1.54) is 35.0 Å². The van der Waals surface area contributed by atoms with Crippen molar-refractivity contribution in [1.82, 2.24) is 9.88 Å². The van der Waals surface area contributed by atoms with Crippen LogP contribution in [0, 0.1) is 0 Å². The van der Waals surface area contributed by atoms with Crippen molar-refractivity contribution in [1.29, 1.82) is 0 Å². The van der Waals surface area contributed by atoms with E-state index < -0.39 is 0 Å². The Morgan fingerprint density at radius 2 is 1.95 bits per heavy atom. The van der Waals surface area contributed by atoms with Crippen molar-refractivity contribution in [3.63, 3.8) is 0 Å². The lowest BCUT2D eigenvalue weighted by Gasteiger charge is -2.30. The summed E-state index contributed by atoms with van der Waals surface area (Å²) < 4.78 is 0. The summed E-state index contributed by atoms with van der Waals surface area (Å²) in [5, 5.41) is 1.32. The average Bonchev–Trinajstić information content (AvgIpc) is 3.15. The number of likely N-dealkylation sites (tertiary alicyclic amines) is 1. The van der Waals surface area contributed by atoms with E-state index in [9.17, 15) is 0 Å². The number of rotatable bonds is 3. The maximum Gasteiger partial charge on any atom is 0.0454 e. The van der Waals surface area contributed by atoms with E-state index in [0.717, 1.165) is 13.0 Å². The molecule has 0 saturated carbocycles. The van der Waals surface area contributed by atoms with Crippen LogP contribution in [-0.4, -0.2) is 30.0 Å². The molecular formula is C20H22N2. The van der Waals surface area contributed by atoms with Crippen LogP contribution in [0.25, 0.3) is 10.9 Å². The number of aromatic nitrogens is 1. The Labute approximate surface area is 131 Å². The molecule has 0 radical (unpaired) electrons. The summed E-state index contributed by atoms with van der Waals surface area (Å²) >= 11 is 0. The van der Waals surface area contributed by atoms with Gasteiger partial charge in [0.15, 0.2) is 0 Å². The Balaban J connectivity index is 1.77. The Morgan fingerprint density at radius 3 is 2.73 bits per heavy atom. The molecule has 0 amide bonds. The topological polar surface area (TPSA) is 19.0 Å². The number of hydrogen-bond donors (Lipinski definition) is 1. The molecule has 4 rings (SSSR count). The summed E-state index contributed by atoms with van der Waals surface area (Å²) in [4.78, 5) is 5.76. The van der Waals surface area contributed by atoms with Crippen molar-refractivity contribution in [2.45, 2.75) is 18.3 Å². The number of likely N-dealkylation sites (N-methyl/N-ethyl adjacent to an activating group) is 1. The molecule has 0 bridgehead atoms. The molecule has 3 aromatic rings. The third-order valence-electron chi connectivity index (χ3n) is 5.10. The first-order valence-corrected chi connectivity index (χ1v) is 8.05. The van der Waals surface area contributed by atoms with E-state index in [2.05, 4.69) is 71.5 Å². The number of benzene rings is 2. The highest BCUT2D eigenvalue weighted by atomic mass is 15.1. The standard InChI is InChI=1S/C20H22N2/c1-22-12-10-20(15-22,14-16-5-3-2-4-6-16)18-7-8-19-17(13-18)9-11-21-19/h2-9,11,13,21H,10,12,14-15H2,1H3. The van der Waals surface area contributed by atoms with Crippen LogP contribution in [0.4, 0.5) is 0 Å². The zero-order valence-electron chi connectivity index (χ0n) is 13.0. The van der Waals surface area contributed by atoms with Crippen molar-refractivity contribution in [3.05, 3.63) is 71.9 Å². The van der Waals surface area contributed by atoms with Crippen molar-refractivity contribution in [2.75, 3.05) is 20.1 Å². The molecule has 1 saturated heterocycles. The number of aromatic amines is 1. The van der Waals surface area contributed by atoms with E-state index in [0.29, 0.717) is 0 Å². The van der Waals surface area contributed by atoms with Gasteiger partial charge in [0.2, 0.25) is 0 Å². The third kappa shape index (κ3) is 2.34. The van der Waals surface area contributed by atoms with Gasteiger partial charge in [0.1, 0.15) is 0 Å². The molecule has 2 aromatic carbocycles. The minimum atomic E-state index is 0.238. The minimum Gasteiger partial charge on any atom is -0.361 e. The van der Waals surface area contributed by atoms with Crippen LogP contribution >= 0.6 is 0 Å². The molecule has 1 fully saturated rings. The third-order valence-corrected chi connectivity index (χ3v) is 5.10. The molecule has 2 heterocycles. The van der Waals surface area contributed by atoms with Crippen molar-refractivity contribution in [3.8, 4) is 0 Å². The fourth-order valence-corrected chi connectivity index (χ4v) is 3.93. The van der Waals surface area contributed by atoms with Crippen LogP contribution in [0.15, 0.2) is 60.8 Å². The zero-order chi connectivity index (χ0) is 15.0. The molecule has 1 unspecified atom stereocenters. The van der Waals surface area contributed by atoms with Gasteiger partial charge >= 0.3 is 0 Å². The predicted molar refractivity (Wildman–Crippen MR) is 92.2 cm³/mol. The number of nitrogens with one attached hydrogen (secondary N) is 1. The molecule has 1 aliphatic heterocycles. The van der Waals surface area contributed by atoms with E-state index in [1.54, 1.807) is 0 Å². The van der Waals surface area contributed by atoms with Crippen LogP contribution in [0.1, 0.15) is 17.5 Å². The van der Waals surface area contributed by atoms with Gasteiger partial charge in [-0.2, -0.15) is 0 Å². The summed E-state index contributed by atoms with van der Waals surface area (Å²) in [5.41, 5.74) is 4.38. The van der Waals surface area contributed by atoms with Crippen LogP contribution in [0.3, 0.4) is 0 Å². The first-order valence-electron chi connectivity index (χ1n) is 8.05. The summed E-state index contributed by atoms with van der Waals surface area (Å²) in [6, 6.07) is 20.0. The quantitative estimate of drug-likeness (QED) is 0.773. The molecule has 1 N–H and O–H groups in total. The second-order valence-electron chi connectivity index (χ2n) is 6.71. The van der Waals surface area contributed by atoms with Gasteiger partial charge in [0.05, 0.1) is 0 Å². The molecule has 1 aromatic heterocycles. The molecular weight excluding hydrogens is 268 g/mol. The highest BCUT2D eigenvalue weighted by molar-refractivity contribution is 5.80. The maximum atomic E-state index is 3.30. The van der Waals surface area contributed by atoms with Crippen LogP contribution in [0.5, 0.6) is 0 Å². The van der Waals surface area contributed by atoms with E-state index in [1.807, 2.05) is 6.20 Å². The molecule has 112 valence electrons. The van der Waals surface area contributed by atoms with E-state index >= 15 is 0 Å². The maximum absolute atomic E-state index is 3.30. The van der Waals surface area contributed by atoms with Gasteiger partial charge in [0, 0.05) is 23.7 Å². The lowest BCUT2D eigenvalue weighted by Crippen LogP contribution is -2.32. The summed E-state index contributed by atoms with van der Waals surface area (Å²) in [6.07, 6.45) is 4.38. The molecule has 2 nitrogen and oxygen atoms in total. The number of hydrogen-bond acceptors (Lipinski definition) is 1. The summed E-state index contributed by atoms with van der Waals surface area (Å²) in [6.45, 7) is 2.32. The smallest absolute Gasteiger partial charge is 0.0454 e. The van der Waals surface area contributed by atoms with Crippen molar-refractivity contribution < 1.29 is 0 Å². The van der Waals surface area contributed by atoms with Gasteiger partial charge in [-0.3, -0.25) is 0 Å². The van der Waals surface area contributed by atoms with Gasteiger partial charge < -0.3 is 9.88 Å². The number of fused-ring (bicyclic) bond motifs is 1. The molecule has 1 aliphatic rings. The Morgan fingerprint density at radius 1 is 1.09 bits per heavy atom. The van der Waals surface area contributed by atoms with Gasteiger partial charge in [-0.1, -0.05) is 36.4 Å². The fraction of sp³-hybridized carbons (Fsp3) is 0.300. The first-order chi connectivity index (χ1) is 10.8. The monoisotopic (exact) mass is 290 g/mol. The highest BCUT2D eigenvalue weighted by Crippen LogP contribution is 2.38. The highest BCUT2D eigenvalue weighted by Gasteiger charge is 2.38. The number of H-pyrrole nitrogens is 1. The van der Waals surface area contributed by atoms with Gasteiger partial charge in [-0.05, 0) is 61.1 Å². The van der Waals surface area contributed by atoms with Gasteiger partial charge in [-0.25, -0.2) is 0 Å². The van der Waals surface area contributed by atoms with Crippen LogP contribution < -0.4 is 0 Å². The second kappa shape index (κ2) is 5.29. The fourth-order valence-electron chi connectivity index (χ4n) is 3.93. The molecule has 1 atom stereocenters. The Bertz CT molecular complexity index is 775. The predicted octanol–water partition coefficient (Wildman–Crippen LogP) is 3.98. The Kier molecular flexibility index (Phi) is 3.27. The first kappa shape index (κ1) is 13.6. The summed E-state index contributed by atoms with van der Waals surface area (Å²) in [5.74, 6) is 0. The van der Waals surface area contributed by atoms with Crippen molar-refractivity contribution >= 4 is 10.9 Å². The normalized spacial score (nSPS) is 22.4. The molecule has 0 spiro atoms. The van der Waals surface area contributed by atoms with E-state index in [-0.39, 0.29) is 5.41 Å². The lowest BCUT2D eigenvalue weighted by atomic mass is 9.74. The van der Waals surface area contributed by atoms with Gasteiger partial charge in [-0.15, -0.1) is 0 Å². The van der Waals surface area contributed by atoms with Gasteiger partial charge in [0.25, 0.3) is 0 Å². The SMILES string of the molecule is CN1CCC(Cc2ccccc2)(c2ccc3[nH]ccc3c2)C1. The van der Waals surface area contributed by atoms with Crippen LogP contribution in [-0.2, 0) is 11.8 Å². The van der Waals surface area contributed by atoms with Crippen LogP contribution in [0.2, 0.25) is 0 Å².